The van der Waals surface area contributed by atoms with Crippen LogP contribution in [0.4, 0.5) is 0 Å². The van der Waals surface area contributed by atoms with Crippen LogP contribution in [0.15, 0.2) is 11.6 Å². The van der Waals surface area contributed by atoms with E-state index in [1.807, 2.05) is 0 Å². The molecule has 0 heterocycles. The molecule has 0 saturated carbocycles. The predicted octanol–water partition coefficient (Wildman–Crippen LogP) is 0.790. The van der Waals surface area contributed by atoms with Gasteiger partial charge in [0.15, 0.2) is 0 Å². The molecule has 1 aliphatic rings. The van der Waals surface area contributed by atoms with Gasteiger partial charge in [0.05, 0.1) is 0 Å². The van der Waals surface area contributed by atoms with Gasteiger partial charge in [-0.25, -0.2) is 4.79 Å². The zero-order chi connectivity index (χ0) is 5.82. The third-order valence-corrected chi connectivity index (χ3v) is 1.21. The summed E-state index contributed by atoms with van der Waals surface area (Å²) in [7, 11) is 0. The second-order valence-corrected chi connectivity index (χ2v) is 1.77. The van der Waals surface area contributed by atoms with Crippen LogP contribution in [-0.2, 0) is 9.53 Å². The van der Waals surface area contributed by atoms with Gasteiger partial charge in [-0.2, -0.15) is 0 Å². The molecule has 0 atom stereocenters. The smallest absolute Gasteiger partial charge is 0.417 e. The average Bonchev–Trinajstić information content (AvgIpc) is 1.63. The van der Waals surface area contributed by atoms with Crippen molar-refractivity contribution in [1.82, 2.24) is 0 Å². The molecule has 8 heavy (non-hydrogen) atoms. The standard InChI is InChI=1S/C6H7O2/c7-5-8-4-6-2-1-3-6/h2H,1,3-4H2. The van der Waals surface area contributed by atoms with Gasteiger partial charge in [0, 0.05) is 0 Å². The Morgan fingerprint density at radius 3 is 3.00 bits per heavy atom. The lowest BCUT2D eigenvalue weighted by Gasteiger charge is -2.11. The van der Waals surface area contributed by atoms with E-state index in [9.17, 15) is 4.79 Å². The highest BCUT2D eigenvalue weighted by molar-refractivity contribution is 5.39. The zero-order valence-electron chi connectivity index (χ0n) is 4.52. The molecule has 1 rings (SSSR count). The Hall–Kier alpha value is -0.790. The van der Waals surface area contributed by atoms with E-state index >= 15 is 0 Å². The Kier molecular flexibility index (Phi) is 1.67. The minimum Gasteiger partial charge on any atom is -0.453 e. The molecule has 0 unspecified atom stereocenters. The van der Waals surface area contributed by atoms with Gasteiger partial charge < -0.3 is 4.74 Å². The van der Waals surface area contributed by atoms with Crippen LogP contribution in [0.2, 0.25) is 0 Å². The first kappa shape index (κ1) is 5.35. The van der Waals surface area contributed by atoms with Crippen LogP contribution in [-0.4, -0.2) is 13.1 Å². The molecule has 2 nitrogen and oxygen atoms in total. The van der Waals surface area contributed by atoms with Crippen LogP contribution in [0, 0.1) is 0 Å². The van der Waals surface area contributed by atoms with Crippen molar-refractivity contribution < 1.29 is 9.53 Å². The predicted molar refractivity (Wildman–Crippen MR) is 29.0 cm³/mol. The molecule has 0 bridgehead atoms. The molecule has 2 heteroatoms. The maximum absolute atomic E-state index is 9.47. The SMILES string of the molecule is O=[C]OCC1=CCC1. The molecular weight excluding hydrogens is 104 g/mol. The van der Waals surface area contributed by atoms with Gasteiger partial charge >= 0.3 is 6.47 Å². The van der Waals surface area contributed by atoms with Crippen molar-refractivity contribution in [3.8, 4) is 0 Å². The molecule has 0 saturated heterocycles. The number of ether oxygens (including phenoxy) is 1. The van der Waals surface area contributed by atoms with Gasteiger partial charge in [-0.1, -0.05) is 6.08 Å². The van der Waals surface area contributed by atoms with Crippen LogP contribution < -0.4 is 0 Å². The van der Waals surface area contributed by atoms with E-state index in [0.717, 1.165) is 12.8 Å². The molecule has 0 aliphatic heterocycles. The maximum Gasteiger partial charge on any atom is 0.417 e. The third kappa shape index (κ3) is 1.09. The second-order valence-electron chi connectivity index (χ2n) is 1.77. The summed E-state index contributed by atoms with van der Waals surface area (Å²) in [5.74, 6) is 0. The van der Waals surface area contributed by atoms with Crippen molar-refractivity contribution in [3.05, 3.63) is 11.6 Å². The topological polar surface area (TPSA) is 26.3 Å². The van der Waals surface area contributed by atoms with Crippen molar-refractivity contribution in [2.45, 2.75) is 12.8 Å². The quantitative estimate of drug-likeness (QED) is 0.503. The van der Waals surface area contributed by atoms with Crippen molar-refractivity contribution in [2.24, 2.45) is 0 Å². The van der Waals surface area contributed by atoms with Gasteiger partial charge in [-0.3, -0.25) is 0 Å². The zero-order valence-corrected chi connectivity index (χ0v) is 4.52. The van der Waals surface area contributed by atoms with Crippen LogP contribution in [0.1, 0.15) is 12.8 Å². The van der Waals surface area contributed by atoms with E-state index in [1.165, 1.54) is 12.0 Å². The Bertz CT molecular complexity index is 116. The first-order chi connectivity index (χ1) is 3.93. The summed E-state index contributed by atoms with van der Waals surface area (Å²) in [4.78, 5) is 9.47. The Labute approximate surface area is 48.1 Å². The molecule has 0 spiro atoms. The van der Waals surface area contributed by atoms with E-state index in [0.29, 0.717) is 6.61 Å². The van der Waals surface area contributed by atoms with Gasteiger partial charge in [0.25, 0.3) is 0 Å². The summed E-state index contributed by atoms with van der Waals surface area (Å²) in [5.41, 5.74) is 1.22. The molecule has 0 amide bonds. The molecule has 43 valence electrons. The third-order valence-electron chi connectivity index (χ3n) is 1.21. The first-order valence-corrected chi connectivity index (χ1v) is 2.60. The highest BCUT2D eigenvalue weighted by atomic mass is 16.5. The summed E-state index contributed by atoms with van der Waals surface area (Å²) in [6, 6.07) is 0. The first-order valence-electron chi connectivity index (χ1n) is 2.60. The van der Waals surface area contributed by atoms with Gasteiger partial charge in [0.2, 0.25) is 0 Å². The molecule has 0 N–H and O–H groups in total. The molecule has 0 aromatic heterocycles. The lowest BCUT2D eigenvalue weighted by atomic mass is 10.0. The Balaban J connectivity index is 2.10. The number of allylic oxidation sites excluding steroid dienone is 1. The van der Waals surface area contributed by atoms with Gasteiger partial charge in [-0.05, 0) is 18.4 Å². The van der Waals surface area contributed by atoms with Gasteiger partial charge in [-0.15, -0.1) is 0 Å². The fraction of sp³-hybridized carbons (Fsp3) is 0.500. The minimum atomic E-state index is 0.448. The summed E-state index contributed by atoms with van der Waals surface area (Å²) >= 11 is 0. The summed E-state index contributed by atoms with van der Waals surface area (Å²) in [5, 5.41) is 0. The fourth-order valence-corrected chi connectivity index (χ4v) is 0.602. The second kappa shape index (κ2) is 2.50. The molecule has 0 fully saturated rings. The van der Waals surface area contributed by atoms with E-state index < -0.39 is 0 Å². The van der Waals surface area contributed by atoms with E-state index in [2.05, 4.69) is 10.8 Å². The normalized spacial score (nSPS) is 16.2. The Morgan fingerprint density at radius 2 is 2.62 bits per heavy atom. The van der Waals surface area contributed by atoms with Gasteiger partial charge in [0.1, 0.15) is 6.61 Å². The lowest BCUT2D eigenvalue weighted by molar-refractivity contribution is 0.298. The van der Waals surface area contributed by atoms with Crippen LogP contribution in [0.25, 0.3) is 0 Å². The van der Waals surface area contributed by atoms with E-state index in [1.54, 1.807) is 0 Å². The molecular formula is C6H7O2. The maximum atomic E-state index is 9.47. The average molecular weight is 111 g/mol. The lowest BCUT2D eigenvalue weighted by Crippen LogP contribution is -2.02. The number of carbonyl (C=O) groups excluding carboxylic acids is 1. The summed E-state index contributed by atoms with van der Waals surface area (Å²) in [6.45, 7) is 1.82. The number of rotatable bonds is 3. The van der Waals surface area contributed by atoms with E-state index in [4.69, 9.17) is 0 Å². The monoisotopic (exact) mass is 111 g/mol. The van der Waals surface area contributed by atoms with Crippen LogP contribution in [0.3, 0.4) is 0 Å². The number of hydrogen-bond acceptors (Lipinski definition) is 2. The van der Waals surface area contributed by atoms with Crippen molar-refractivity contribution in [2.75, 3.05) is 6.61 Å². The molecule has 1 aliphatic carbocycles. The molecule has 0 aromatic carbocycles. The number of hydrogen-bond donors (Lipinski definition) is 0. The van der Waals surface area contributed by atoms with Crippen molar-refractivity contribution in [3.63, 3.8) is 0 Å². The minimum absolute atomic E-state index is 0.448. The largest absolute Gasteiger partial charge is 0.453 e. The van der Waals surface area contributed by atoms with Crippen molar-refractivity contribution in [1.29, 1.82) is 0 Å². The summed E-state index contributed by atoms with van der Waals surface area (Å²) < 4.78 is 4.36. The highest BCUT2D eigenvalue weighted by Crippen LogP contribution is 2.16. The molecule has 0 aromatic rings. The van der Waals surface area contributed by atoms with Crippen LogP contribution in [0.5, 0.6) is 0 Å². The van der Waals surface area contributed by atoms with Crippen LogP contribution >= 0.6 is 0 Å². The highest BCUT2D eigenvalue weighted by Gasteiger charge is 2.04. The molecule has 1 radical (unpaired) electrons. The fourth-order valence-electron chi connectivity index (χ4n) is 0.602. The van der Waals surface area contributed by atoms with E-state index in [-0.39, 0.29) is 0 Å². The Morgan fingerprint density at radius 1 is 1.88 bits per heavy atom. The summed E-state index contributed by atoms with van der Waals surface area (Å²) in [6.07, 6.45) is 4.29. The van der Waals surface area contributed by atoms with Crippen molar-refractivity contribution >= 4 is 6.47 Å².